The molecule has 2 aromatic rings. The number of aromatic nitrogens is 2. The van der Waals surface area contributed by atoms with Gasteiger partial charge in [0.25, 0.3) is 0 Å². The summed E-state index contributed by atoms with van der Waals surface area (Å²) in [5, 5.41) is 14.9. The van der Waals surface area contributed by atoms with E-state index in [-0.39, 0.29) is 12.0 Å². The van der Waals surface area contributed by atoms with E-state index < -0.39 is 11.9 Å². The summed E-state index contributed by atoms with van der Waals surface area (Å²) >= 11 is 6.12. The zero-order valence-corrected chi connectivity index (χ0v) is 12.3. The van der Waals surface area contributed by atoms with Crippen molar-refractivity contribution in [3.63, 3.8) is 0 Å². The van der Waals surface area contributed by atoms with Crippen LogP contribution in [0.1, 0.15) is 22.9 Å². The van der Waals surface area contributed by atoms with Gasteiger partial charge < -0.3 is 9.84 Å². The number of rotatable bonds is 4. The Labute approximate surface area is 121 Å². The Balaban J connectivity index is 2.35. The Morgan fingerprint density at radius 1 is 1.50 bits per heavy atom. The summed E-state index contributed by atoms with van der Waals surface area (Å²) < 4.78 is 20.5. The average molecular weight is 299 g/mol. The van der Waals surface area contributed by atoms with Gasteiger partial charge in [-0.25, -0.2) is 4.39 Å². The molecule has 1 heterocycles. The van der Waals surface area contributed by atoms with E-state index in [4.69, 9.17) is 16.3 Å². The number of aryl methyl sites for hydroxylation is 2. The molecule has 0 saturated carbocycles. The molecule has 1 N–H and O–H groups in total. The number of methoxy groups -OCH3 is 1. The lowest BCUT2D eigenvalue weighted by Gasteiger charge is -2.15. The molecule has 0 fully saturated rings. The monoisotopic (exact) mass is 298 g/mol. The molecule has 0 bridgehead atoms. The third-order valence-electron chi connectivity index (χ3n) is 3.23. The third kappa shape index (κ3) is 2.64. The number of hydrogen-bond acceptors (Lipinski definition) is 3. The molecule has 0 aliphatic rings. The van der Waals surface area contributed by atoms with E-state index in [9.17, 15) is 9.50 Å². The molecule has 0 radical (unpaired) electrons. The minimum Gasteiger partial charge on any atom is -0.496 e. The predicted octanol–water partition coefficient (Wildman–Crippen LogP) is 2.81. The van der Waals surface area contributed by atoms with Crippen LogP contribution in [0, 0.1) is 12.7 Å². The first kappa shape index (κ1) is 14.8. The van der Waals surface area contributed by atoms with Gasteiger partial charge in [-0.1, -0.05) is 17.7 Å². The fraction of sp³-hybridized carbons (Fsp3) is 0.357. The molecule has 0 aliphatic carbocycles. The lowest BCUT2D eigenvalue weighted by Crippen LogP contribution is -2.07. The molecule has 108 valence electrons. The van der Waals surface area contributed by atoms with Gasteiger partial charge in [0.1, 0.15) is 16.7 Å². The summed E-state index contributed by atoms with van der Waals surface area (Å²) in [6, 6.07) is 4.44. The second kappa shape index (κ2) is 5.81. The van der Waals surface area contributed by atoms with Crippen LogP contribution in [0.2, 0.25) is 5.15 Å². The summed E-state index contributed by atoms with van der Waals surface area (Å²) in [7, 11) is 3.15. The van der Waals surface area contributed by atoms with E-state index in [1.807, 2.05) is 0 Å². The Hall–Kier alpha value is -1.59. The van der Waals surface area contributed by atoms with Crippen molar-refractivity contribution in [1.82, 2.24) is 9.78 Å². The molecule has 20 heavy (non-hydrogen) atoms. The van der Waals surface area contributed by atoms with Crippen LogP contribution in [0.4, 0.5) is 4.39 Å². The Morgan fingerprint density at radius 3 is 2.75 bits per heavy atom. The zero-order chi connectivity index (χ0) is 14.9. The molecule has 0 aliphatic heterocycles. The summed E-state index contributed by atoms with van der Waals surface area (Å²) in [4.78, 5) is 0. The summed E-state index contributed by atoms with van der Waals surface area (Å²) in [6.07, 6.45) is -0.873. The van der Waals surface area contributed by atoms with Crippen LogP contribution >= 0.6 is 11.6 Å². The van der Waals surface area contributed by atoms with Crippen LogP contribution in [0.5, 0.6) is 5.75 Å². The molecule has 1 atom stereocenters. The maximum Gasteiger partial charge on any atom is 0.132 e. The van der Waals surface area contributed by atoms with Crippen LogP contribution in [0.3, 0.4) is 0 Å². The van der Waals surface area contributed by atoms with Crippen LogP contribution in [-0.2, 0) is 13.5 Å². The van der Waals surface area contributed by atoms with Crippen molar-refractivity contribution in [2.75, 3.05) is 7.11 Å². The van der Waals surface area contributed by atoms with Crippen molar-refractivity contribution < 1.29 is 14.2 Å². The van der Waals surface area contributed by atoms with Crippen molar-refractivity contribution >= 4 is 11.6 Å². The molecule has 2 rings (SSSR count). The normalized spacial score (nSPS) is 12.5. The molecule has 0 saturated heterocycles. The number of nitrogens with zero attached hydrogens (tertiary/aromatic N) is 2. The number of halogens is 2. The van der Waals surface area contributed by atoms with Crippen molar-refractivity contribution in [3.05, 3.63) is 46.0 Å². The van der Waals surface area contributed by atoms with Gasteiger partial charge in [0.05, 0.1) is 24.5 Å². The predicted molar refractivity (Wildman–Crippen MR) is 74.6 cm³/mol. The summed E-state index contributed by atoms with van der Waals surface area (Å²) in [5.74, 6) is -0.190. The van der Waals surface area contributed by atoms with E-state index in [1.54, 1.807) is 20.0 Å². The van der Waals surface area contributed by atoms with Crippen molar-refractivity contribution in [2.24, 2.45) is 7.05 Å². The smallest absolute Gasteiger partial charge is 0.132 e. The highest BCUT2D eigenvalue weighted by Crippen LogP contribution is 2.32. The minimum atomic E-state index is -1.05. The van der Waals surface area contributed by atoms with Crippen LogP contribution < -0.4 is 4.74 Å². The maximum absolute atomic E-state index is 13.9. The van der Waals surface area contributed by atoms with Crippen LogP contribution in [0.25, 0.3) is 0 Å². The lowest BCUT2D eigenvalue weighted by atomic mass is 10.0. The van der Waals surface area contributed by atoms with E-state index in [2.05, 4.69) is 5.10 Å². The van der Waals surface area contributed by atoms with E-state index >= 15 is 0 Å². The highest BCUT2D eigenvalue weighted by Gasteiger charge is 2.22. The number of hydrogen-bond donors (Lipinski definition) is 1. The van der Waals surface area contributed by atoms with Gasteiger partial charge in [-0.15, -0.1) is 0 Å². The molecule has 0 amide bonds. The minimum absolute atomic E-state index is 0.134. The molecular formula is C14H16ClFN2O2. The first-order valence-electron chi connectivity index (χ1n) is 6.14. The topological polar surface area (TPSA) is 47.3 Å². The SMILES string of the molecule is COc1cccc(F)c1C(O)Cc1c(C)nn(C)c1Cl. The first-order valence-corrected chi connectivity index (χ1v) is 6.52. The second-order valence-electron chi connectivity index (χ2n) is 4.55. The number of aliphatic hydroxyl groups is 1. The second-order valence-corrected chi connectivity index (χ2v) is 4.91. The molecule has 1 aromatic carbocycles. The summed E-state index contributed by atoms with van der Waals surface area (Å²) in [6.45, 7) is 1.80. The van der Waals surface area contributed by atoms with Gasteiger partial charge in [0, 0.05) is 19.0 Å². The molecule has 1 unspecified atom stereocenters. The van der Waals surface area contributed by atoms with Gasteiger partial charge in [-0.3, -0.25) is 4.68 Å². The van der Waals surface area contributed by atoms with Gasteiger partial charge in [0.2, 0.25) is 0 Å². The highest BCUT2D eigenvalue weighted by atomic mass is 35.5. The summed E-state index contributed by atoms with van der Waals surface area (Å²) in [5.41, 5.74) is 1.55. The van der Waals surface area contributed by atoms with Crippen LogP contribution in [-0.4, -0.2) is 22.0 Å². The highest BCUT2D eigenvalue weighted by molar-refractivity contribution is 6.30. The quantitative estimate of drug-likeness (QED) is 0.944. The van der Waals surface area contributed by atoms with Crippen molar-refractivity contribution in [3.8, 4) is 5.75 Å². The van der Waals surface area contributed by atoms with E-state index in [0.29, 0.717) is 22.2 Å². The van der Waals surface area contributed by atoms with Gasteiger partial charge in [-0.2, -0.15) is 5.10 Å². The van der Waals surface area contributed by atoms with Gasteiger partial charge >= 0.3 is 0 Å². The standard InChI is InChI=1S/C14H16ClFN2O2/c1-8-9(14(15)18(2)17-8)7-11(19)13-10(16)5-4-6-12(13)20-3/h4-6,11,19H,7H2,1-3H3. The first-order chi connectivity index (χ1) is 9.45. The fourth-order valence-electron chi connectivity index (χ4n) is 2.22. The van der Waals surface area contributed by atoms with Crippen LogP contribution in [0.15, 0.2) is 18.2 Å². The van der Waals surface area contributed by atoms with Crippen molar-refractivity contribution in [1.29, 1.82) is 0 Å². The van der Waals surface area contributed by atoms with Gasteiger partial charge in [0.15, 0.2) is 0 Å². The fourth-order valence-corrected chi connectivity index (χ4v) is 2.47. The zero-order valence-electron chi connectivity index (χ0n) is 11.5. The number of benzene rings is 1. The molecular weight excluding hydrogens is 283 g/mol. The van der Waals surface area contributed by atoms with E-state index in [0.717, 1.165) is 0 Å². The third-order valence-corrected chi connectivity index (χ3v) is 3.71. The molecule has 0 spiro atoms. The lowest BCUT2D eigenvalue weighted by molar-refractivity contribution is 0.168. The number of ether oxygens (including phenoxy) is 1. The van der Waals surface area contributed by atoms with Crippen molar-refractivity contribution in [2.45, 2.75) is 19.4 Å². The average Bonchev–Trinajstić information content (AvgIpc) is 2.64. The Morgan fingerprint density at radius 2 is 2.20 bits per heavy atom. The van der Waals surface area contributed by atoms with Gasteiger partial charge in [-0.05, 0) is 19.1 Å². The molecule has 4 nitrogen and oxygen atoms in total. The molecule has 6 heteroatoms. The number of aliphatic hydroxyl groups excluding tert-OH is 1. The molecule has 1 aromatic heterocycles. The Bertz CT molecular complexity index is 628. The Kier molecular flexibility index (Phi) is 4.30. The van der Waals surface area contributed by atoms with E-state index in [1.165, 1.54) is 23.9 Å². The maximum atomic E-state index is 13.9. The largest absolute Gasteiger partial charge is 0.496 e.